The number of thioether (sulfide) groups is 1. The maximum Gasteiger partial charge on any atom is 0.407 e. The summed E-state index contributed by atoms with van der Waals surface area (Å²) < 4.78 is 5.57. The molecule has 1 fully saturated rings. The first-order valence-corrected chi connectivity index (χ1v) is 12.6. The van der Waals surface area contributed by atoms with E-state index in [1.54, 1.807) is 0 Å². The maximum absolute atomic E-state index is 13.1. The molecule has 1 saturated heterocycles. The number of hydrogen-bond acceptors (Lipinski definition) is 6. The van der Waals surface area contributed by atoms with Gasteiger partial charge in [-0.1, -0.05) is 48.5 Å². The van der Waals surface area contributed by atoms with Crippen LogP contribution >= 0.6 is 11.8 Å². The Morgan fingerprint density at radius 1 is 1.12 bits per heavy atom. The zero-order valence-corrected chi connectivity index (χ0v) is 19.7. The number of ether oxygens (including phenoxy) is 1. The van der Waals surface area contributed by atoms with E-state index >= 15 is 0 Å². The predicted octanol–water partition coefficient (Wildman–Crippen LogP) is 2.69. The summed E-state index contributed by atoms with van der Waals surface area (Å²) in [6.45, 7) is 0.0431. The number of aliphatic hydroxyl groups excluding tert-OH is 1. The second-order valence-corrected chi connectivity index (χ2v) is 9.52. The van der Waals surface area contributed by atoms with Crippen molar-refractivity contribution < 1.29 is 29.3 Å². The minimum absolute atomic E-state index is 0.0265. The van der Waals surface area contributed by atoms with E-state index in [0.717, 1.165) is 27.2 Å². The van der Waals surface area contributed by atoms with Crippen LogP contribution < -0.4 is 5.32 Å². The first-order chi connectivity index (χ1) is 16.4. The van der Waals surface area contributed by atoms with Crippen LogP contribution in [0.5, 0.6) is 0 Å². The summed E-state index contributed by atoms with van der Waals surface area (Å²) in [6, 6.07) is 14.0. The summed E-state index contributed by atoms with van der Waals surface area (Å²) in [6.07, 6.45) is 0.549. The molecule has 4 rings (SSSR count). The van der Waals surface area contributed by atoms with Crippen LogP contribution in [0.1, 0.15) is 29.9 Å². The Hall–Kier alpha value is -3.04. The fraction of sp³-hybridized carbons (Fsp3) is 0.400. The number of carboxylic acids is 1. The lowest BCUT2D eigenvalue weighted by Crippen LogP contribution is -2.52. The lowest BCUT2D eigenvalue weighted by atomic mass is 9.98. The van der Waals surface area contributed by atoms with Crippen molar-refractivity contribution in [3.8, 4) is 11.1 Å². The number of carboxylic acid groups (broad SMARTS) is 1. The number of aliphatic hydroxyl groups is 1. The number of amides is 2. The van der Waals surface area contributed by atoms with Crippen LogP contribution in [0.4, 0.5) is 4.79 Å². The van der Waals surface area contributed by atoms with Crippen molar-refractivity contribution in [1.29, 1.82) is 0 Å². The maximum atomic E-state index is 13.1. The second kappa shape index (κ2) is 10.5. The highest BCUT2D eigenvalue weighted by Crippen LogP contribution is 2.44. The molecule has 0 unspecified atom stereocenters. The number of alkyl carbamates (subject to hydrolysis) is 1. The van der Waals surface area contributed by atoms with E-state index in [0.29, 0.717) is 12.2 Å². The fourth-order valence-corrected chi connectivity index (χ4v) is 5.24. The molecule has 3 N–H and O–H groups in total. The highest BCUT2D eigenvalue weighted by molar-refractivity contribution is 7.98. The molecule has 3 atom stereocenters. The molecule has 2 amide bonds. The Morgan fingerprint density at radius 2 is 1.74 bits per heavy atom. The Morgan fingerprint density at radius 3 is 2.32 bits per heavy atom. The minimum Gasteiger partial charge on any atom is -0.480 e. The number of carbonyl (C=O) groups is 3. The average Bonchev–Trinajstić information content (AvgIpc) is 3.38. The smallest absolute Gasteiger partial charge is 0.407 e. The first kappa shape index (κ1) is 24.1. The number of likely N-dealkylation sites (tertiary alicyclic amines) is 1. The Kier molecular flexibility index (Phi) is 7.43. The molecule has 2 aromatic rings. The van der Waals surface area contributed by atoms with E-state index < -0.39 is 36.2 Å². The van der Waals surface area contributed by atoms with Gasteiger partial charge in [0.1, 0.15) is 18.7 Å². The van der Waals surface area contributed by atoms with Gasteiger partial charge in [0.05, 0.1) is 6.10 Å². The van der Waals surface area contributed by atoms with Gasteiger partial charge in [0.25, 0.3) is 0 Å². The molecule has 1 aliphatic carbocycles. The van der Waals surface area contributed by atoms with Crippen LogP contribution in [0.15, 0.2) is 48.5 Å². The van der Waals surface area contributed by atoms with Crippen LogP contribution in [-0.2, 0) is 14.3 Å². The van der Waals surface area contributed by atoms with Crippen molar-refractivity contribution >= 4 is 29.7 Å². The van der Waals surface area contributed by atoms with Crippen molar-refractivity contribution in [2.24, 2.45) is 0 Å². The summed E-state index contributed by atoms with van der Waals surface area (Å²) in [5.41, 5.74) is 4.41. The Labute approximate surface area is 202 Å². The van der Waals surface area contributed by atoms with Crippen LogP contribution in [-0.4, -0.2) is 76.4 Å². The van der Waals surface area contributed by atoms with E-state index in [2.05, 4.69) is 17.4 Å². The quantitative estimate of drug-likeness (QED) is 0.528. The van der Waals surface area contributed by atoms with Crippen LogP contribution in [0, 0.1) is 0 Å². The number of aliphatic carboxylic acids is 1. The number of nitrogens with one attached hydrogen (secondary N) is 1. The summed E-state index contributed by atoms with van der Waals surface area (Å²) in [5, 5.41) is 22.0. The van der Waals surface area contributed by atoms with Crippen LogP contribution in [0.25, 0.3) is 11.1 Å². The normalized spacial score (nSPS) is 19.9. The highest BCUT2D eigenvalue weighted by atomic mass is 32.2. The number of fused-ring (bicyclic) bond motifs is 3. The zero-order chi connectivity index (χ0) is 24.2. The summed E-state index contributed by atoms with van der Waals surface area (Å²) in [5.74, 6) is -1.21. The van der Waals surface area contributed by atoms with E-state index in [1.165, 1.54) is 11.8 Å². The third-order valence-corrected chi connectivity index (χ3v) is 7.04. The molecule has 0 bridgehead atoms. The standard InChI is InChI=1S/C25H28N2O6S/c1-34-11-10-21(23(29)27-13-15(28)12-22(27)24(30)31)26-25(32)33-14-20-18-8-4-2-6-16(18)17-7-3-5-9-19(17)20/h2-9,15,20-22,28H,10-14H2,1H3,(H,26,32)(H,30,31)/t15-,21-,22+/m1/s1. The lowest BCUT2D eigenvalue weighted by molar-refractivity contribution is -0.149. The third-order valence-electron chi connectivity index (χ3n) is 6.39. The predicted molar refractivity (Wildman–Crippen MR) is 129 cm³/mol. The zero-order valence-electron chi connectivity index (χ0n) is 18.8. The Bertz CT molecular complexity index is 1030. The number of nitrogens with zero attached hydrogens (tertiary/aromatic N) is 1. The fourth-order valence-electron chi connectivity index (χ4n) is 4.77. The Balaban J connectivity index is 1.44. The molecule has 0 radical (unpaired) electrons. The molecule has 0 spiro atoms. The van der Waals surface area contributed by atoms with Crippen LogP contribution in [0.3, 0.4) is 0 Å². The van der Waals surface area contributed by atoms with Gasteiger partial charge in [-0.3, -0.25) is 4.79 Å². The van der Waals surface area contributed by atoms with E-state index in [-0.39, 0.29) is 25.5 Å². The van der Waals surface area contributed by atoms with Gasteiger partial charge >= 0.3 is 12.1 Å². The summed E-state index contributed by atoms with van der Waals surface area (Å²) in [4.78, 5) is 38.5. The first-order valence-electron chi connectivity index (χ1n) is 11.2. The molecule has 2 aromatic carbocycles. The summed E-state index contributed by atoms with van der Waals surface area (Å²) >= 11 is 1.51. The third kappa shape index (κ3) is 4.90. The molecular weight excluding hydrogens is 456 g/mol. The molecule has 1 aliphatic heterocycles. The molecular formula is C25H28N2O6S. The van der Waals surface area contributed by atoms with Crippen LogP contribution in [0.2, 0.25) is 0 Å². The molecule has 34 heavy (non-hydrogen) atoms. The van der Waals surface area contributed by atoms with E-state index in [1.807, 2.05) is 42.7 Å². The van der Waals surface area contributed by atoms with Gasteiger partial charge in [-0.25, -0.2) is 9.59 Å². The highest BCUT2D eigenvalue weighted by Gasteiger charge is 2.41. The van der Waals surface area contributed by atoms with Gasteiger partial charge in [-0.05, 0) is 40.7 Å². The van der Waals surface area contributed by atoms with Crippen molar-refractivity contribution in [1.82, 2.24) is 10.2 Å². The molecule has 1 heterocycles. The SMILES string of the molecule is CSCC[C@@H](NC(=O)OCC1c2ccccc2-c2ccccc21)C(=O)N1C[C@H](O)C[C@H]1C(=O)O. The number of rotatable bonds is 8. The van der Waals surface area contributed by atoms with Crippen molar-refractivity contribution in [2.45, 2.75) is 36.9 Å². The largest absolute Gasteiger partial charge is 0.480 e. The van der Waals surface area contributed by atoms with Gasteiger partial charge in [-0.15, -0.1) is 0 Å². The number of benzene rings is 2. The number of β-amino-alcohol motifs (C(OH)–C–C–N with tert-alkyl or cyclic N) is 1. The van der Waals surface area contributed by atoms with Crippen molar-refractivity contribution in [2.75, 3.05) is 25.2 Å². The van der Waals surface area contributed by atoms with Gasteiger partial charge in [0.2, 0.25) is 5.91 Å². The number of carbonyl (C=O) groups excluding carboxylic acids is 2. The van der Waals surface area contributed by atoms with Crippen molar-refractivity contribution in [3.05, 3.63) is 59.7 Å². The van der Waals surface area contributed by atoms with Gasteiger partial charge < -0.3 is 25.2 Å². The molecule has 0 saturated carbocycles. The summed E-state index contributed by atoms with van der Waals surface area (Å²) in [7, 11) is 0. The van der Waals surface area contributed by atoms with Gasteiger partial charge in [-0.2, -0.15) is 11.8 Å². The topological polar surface area (TPSA) is 116 Å². The van der Waals surface area contributed by atoms with Gasteiger partial charge in [0, 0.05) is 18.9 Å². The number of hydrogen-bond donors (Lipinski definition) is 3. The molecule has 0 aromatic heterocycles. The molecule has 8 nitrogen and oxygen atoms in total. The lowest BCUT2D eigenvalue weighted by Gasteiger charge is -2.27. The van der Waals surface area contributed by atoms with E-state index in [9.17, 15) is 24.6 Å². The molecule has 180 valence electrons. The monoisotopic (exact) mass is 484 g/mol. The molecule has 9 heteroatoms. The van der Waals surface area contributed by atoms with Crippen molar-refractivity contribution in [3.63, 3.8) is 0 Å². The minimum atomic E-state index is -1.17. The van der Waals surface area contributed by atoms with Gasteiger partial charge in [0.15, 0.2) is 0 Å². The van der Waals surface area contributed by atoms with E-state index in [4.69, 9.17) is 4.74 Å². The second-order valence-electron chi connectivity index (χ2n) is 8.54. The average molecular weight is 485 g/mol. The molecule has 2 aliphatic rings.